The highest BCUT2D eigenvalue weighted by molar-refractivity contribution is 7.92. The second-order valence-electron chi connectivity index (χ2n) is 7.27. The van der Waals surface area contributed by atoms with E-state index >= 15 is 0 Å². The zero-order chi connectivity index (χ0) is 24.8. The van der Waals surface area contributed by atoms with Crippen LogP contribution >= 0.6 is 11.6 Å². The Kier molecular flexibility index (Phi) is 9.07. The predicted octanol–water partition coefficient (Wildman–Crippen LogP) is 2.81. The molecule has 2 amide bonds. The Balaban J connectivity index is 2.44. The molecule has 180 valence electrons. The van der Waals surface area contributed by atoms with Gasteiger partial charge in [0.1, 0.15) is 24.2 Å². The highest BCUT2D eigenvalue weighted by atomic mass is 35.5. The quantitative estimate of drug-likeness (QED) is 0.542. The molecule has 0 unspecified atom stereocenters. The van der Waals surface area contributed by atoms with Crippen molar-refractivity contribution in [2.75, 3.05) is 31.3 Å². The molecule has 0 spiro atoms. The zero-order valence-electron chi connectivity index (χ0n) is 18.8. The maximum Gasteiger partial charge on any atom is 0.244 e. The summed E-state index contributed by atoms with van der Waals surface area (Å²) in [6.07, 6.45) is 1.26. The van der Waals surface area contributed by atoms with Crippen molar-refractivity contribution in [3.05, 3.63) is 58.9 Å². The van der Waals surface area contributed by atoms with E-state index in [0.29, 0.717) is 17.7 Å². The first-order valence-electron chi connectivity index (χ1n) is 10.1. The standard InChI is InChI=1S/C22H27ClFN3O5S/c1-5-19(22(29)25-2)26(13-15-6-8-16(24)9-7-15)21(28)14-27(33(4,30)31)17-10-11-20(32-3)18(23)12-17/h6-12,19H,5,13-14H2,1-4H3,(H,25,29)/t19-/m0/s1. The Morgan fingerprint density at radius 2 is 1.82 bits per heavy atom. The fourth-order valence-electron chi connectivity index (χ4n) is 3.30. The molecule has 0 radical (unpaired) electrons. The lowest BCUT2D eigenvalue weighted by molar-refractivity contribution is -0.140. The monoisotopic (exact) mass is 499 g/mol. The van der Waals surface area contributed by atoms with E-state index in [2.05, 4.69) is 5.32 Å². The third kappa shape index (κ3) is 6.82. The minimum Gasteiger partial charge on any atom is -0.495 e. The maximum atomic E-state index is 13.4. The van der Waals surface area contributed by atoms with Crippen molar-refractivity contribution in [1.29, 1.82) is 0 Å². The van der Waals surface area contributed by atoms with Crippen LogP contribution in [0.5, 0.6) is 5.75 Å². The SMILES string of the molecule is CC[C@@H](C(=O)NC)N(Cc1ccc(F)cc1)C(=O)CN(c1ccc(OC)c(Cl)c1)S(C)(=O)=O. The second-order valence-corrected chi connectivity index (χ2v) is 9.59. The topological polar surface area (TPSA) is 96.0 Å². The number of rotatable bonds is 10. The third-order valence-corrected chi connectivity index (χ3v) is 6.44. The number of likely N-dealkylation sites (N-methyl/N-ethyl adjacent to an activating group) is 1. The highest BCUT2D eigenvalue weighted by Crippen LogP contribution is 2.30. The molecular weight excluding hydrogens is 473 g/mol. The number of carbonyl (C=O) groups excluding carboxylic acids is 2. The molecule has 33 heavy (non-hydrogen) atoms. The molecule has 2 rings (SSSR count). The molecule has 8 nitrogen and oxygen atoms in total. The molecule has 1 atom stereocenters. The molecule has 0 aliphatic carbocycles. The Bertz CT molecular complexity index is 1100. The molecule has 0 saturated heterocycles. The second kappa shape index (κ2) is 11.3. The van der Waals surface area contributed by atoms with Crippen LogP contribution in [0.4, 0.5) is 10.1 Å². The van der Waals surface area contributed by atoms with E-state index < -0.39 is 40.2 Å². The predicted molar refractivity (Wildman–Crippen MR) is 125 cm³/mol. The number of halogens is 2. The Hall–Kier alpha value is -2.85. The average molecular weight is 500 g/mol. The van der Waals surface area contributed by atoms with E-state index in [1.807, 2.05) is 0 Å². The molecule has 2 aromatic carbocycles. The molecule has 11 heteroatoms. The number of hydrogen-bond acceptors (Lipinski definition) is 5. The third-order valence-electron chi connectivity index (χ3n) is 5.00. The van der Waals surface area contributed by atoms with Crippen LogP contribution in [0.15, 0.2) is 42.5 Å². The summed E-state index contributed by atoms with van der Waals surface area (Å²) in [6.45, 7) is 1.17. The highest BCUT2D eigenvalue weighted by Gasteiger charge is 2.31. The van der Waals surface area contributed by atoms with Gasteiger partial charge in [0.25, 0.3) is 0 Å². The molecule has 0 aliphatic rings. The Morgan fingerprint density at radius 3 is 2.30 bits per heavy atom. The van der Waals surface area contributed by atoms with Gasteiger partial charge < -0.3 is 15.0 Å². The van der Waals surface area contributed by atoms with Crippen LogP contribution in [0.3, 0.4) is 0 Å². The van der Waals surface area contributed by atoms with E-state index in [9.17, 15) is 22.4 Å². The molecule has 2 aromatic rings. The maximum absolute atomic E-state index is 13.4. The number of methoxy groups -OCH3 is 1. The molecule has 0 aliphatic heterocycles. The summed E-state index contributed by atoms with van der Waals surface area (Å²) in [7, 11) is -1.00. The molecule has 0 heterocycles. The molecule has 0 saturated carbocycles. The van der Waals surface area contributed by atoms with Gasteiger partial charge in [-0.05, 0) is 42.3 Å². The summed E-state index contributed by atoms with van der Waals surface area (Å²) in [5.41, 5.74) is 0.761. The number of hydrogen-bond donors (Lipinski definition) is 1. The number of ether oxygens (including phenoxy) is 1. The Morgan fingerprint density at radius 1 is 1.18 bits per heavy atom. The molecule has 0 aromatic heterocycles. The van der Waals surface area contributed by atoms with Crippen molar-refractivity contribution in [3.8, 4) is 5.75 Å². The summed E-state index contributed by atoms with van der Waals surface area (Å²) < 4.78 is 44.4. The lowest BCUT2D eigenvalue weighted by Gasteiger charge is -2.32. The van der Waals surface area contributed by atoms with E-state index in [1.54, 1.807) is 6.92 Å². The van der Waals surface area contributed by atoms with Crippen molar-refractivity contribution in [2.24, 2.45) is 0 Å². The van der Waals surface area contributed by atoms with Crippen LogP contribution in [0, 0.1) is 5.82 Å². The fourth-order valence-corrected chi connectivity index (χ4v) is 4.39. The van der Waals surface area contributed by atoms with Gasteiger partial charge >= 0.3 is 0 Å². The van der Waals surface area contributed by atoms with Crippen LogP contribution in [-0.2, 0) is 26.2 Å². The van der Waals surface area contributed by atoms with E-state index in [4.69, 9.17) is 16.3 Å². The van der Waals surface area contributed by atoms with Gasteiger partial charge in [0.15, 0.2) is 0 Å². The number of carbonyl (C=O) groups is 2. The number of nitrogens with one attached hydrogen (secondary N) is 1. The average Bonchev–Trinajstić information content (AvgIpc) is 2.77. The van der Waals surface area contributed by atoms with Crippen molar-refractivity contribution in [2.45, 2.75) is 25.9 Å². The van der Waals surface area contributed by atoms with Crippen LogP contribution in [0.25, 0.3) is 0 Å². The van der Waals surface area contributed by atoms with Crippen molar-refractivity contribution in [3.63, 3.8) is 0 Å². The van der Waals surface area contributed by atoms with Gasteiger partial charge in [0, 0.05) is 13.6 Å². The molecule has 0 fully saturated rings. The molecule has 1 N–H and O–H groups in total. The van der Waals surface area contributed by atoms with E-state index in [-0.39, 0.29) is 17.3 Å². The lowest BCUT2D eigenvalue weighted by atomic mass is 10.1. The van der Waals surface area contributed by atoms with Crippen molar-refractivity contribution >= 4 is 39.1 Å². The summed E-state index contributed by atoms with van der Waals surface area (Å²) >= 11 is 6.15. The number of benzene rings is 2. The molecular formula is C22H27ClFN3O5S. The van der Waals surface area contributed by atoms with E-state index in [1.165, 1.54) is 61.5 Å². The largest absolute Gasteiger partial charge is 0.495 e. The van der Waals surface area contributed by atoms with Crippen LogP contribution in [0.2, 0.25) is 5.02 Å². The first-order chi connectivity index (χ1) is 15.5. The lowest BCUT2D eigenvalue weighted by Crippen LogP contribution is -2.51. The van der Waals surface area contributed by atoms with Crippen molar-refractivity contribution in [1.82, 2.24) is 10.2 Å². The van der Waals surface area contributed by atoms with Gasteiger partial charge in [-0.15, -0.1) is 0 Å². The minimum absolute atomic E-state index is 0.00793. The summed E-state index contributed by atoms with van der Waals surface area (Å²) in [5, 5.41) is 2.70. The summed E-state index contributed by atoms with van der Waals surface area (Å²) in [6, 6.07) is 9.01. The normalized spacial score (nSPS) is 12.1. The van der Waals surface area contributed by atoms with Gasteiger partial charge in [0.2, 0.25) is 21.8 Å². The first-order valence-corrected chi connectivity index (χ1v) is 12.3. The minimum atomic E-state index is -3.88. The number of nitrogens with zero attached hydrogens (tertiary/aromatic N) is 2. The van der Waals surface area contributed by atoms with Gasteiger partial charge in [-0.1, -0.05) is 30.7 Å². The summed E-state index contributed by atoms with van der Waals surface area (Å²) in [5.74, 6) is -1.09. The van der Waals surface area contributed by atoms with Gasteiger partial charge in [-0.3, -0.25) is 13.9 Å². The molecule has 0 bridgehead atoms. The number of amides is 2. The van der Waals surface area contributed by atoms with Crippen molar-refractivity contribution < 1.29 is 27.1 Å². The first kappa shape index (κ1) is 26.4. The fraction of sp³-hybridized carbons (Fsp3) is 0.364. The van der Waals surface area contributed by atoms with Crippen LogP contribution in [0.1, 0.15) is 18.9 Å². The Labute approximate surface area is 198 Å². The van der Waals surface area contributed by atoms with Gasteiger partial charge in [0.05, 0.1) is 24.1 Å². The van der Waals surface area contributed by atoms with Gasteiger partial charge in [-0.2, -0.15) is 0 Å². The van der Waals surface area contributed by atoms with E-state index in [0.717, 1.165) is 10.6 Å². The van der Waals surface area contributed by atoms with Gasteiger partial charge in [-0.25, -0.2) is 12.8 Å². The van der Waals surface area contributed by atoms with Crippen LogP contribution < -0.4 is 14.4 Å². The zero-order valence-corrected chi connectivity index (χ0v) is 20.4. The number of anilines is 1. The number of sulfonamides is 1. The summed E-state index contributed by atoms with van der Waals surface area (Å²) in [4.78, 5) is 27.1. The smallest absolute Gasteiger partial charge is 0.244 e. The van der Waals surface area contributed by atoms with Crippen LogP contribution in [-0.4, -0.2) is 58.1 Å².